The number of nitrogens with zero attached hydrogens (tertiary/aromatic N) is 3. The summed E-state index contributed by atoms with van der Waals surface area (Å²) in [5.41, 5.74) is 16.4. The van der Waals surface area contributed by atoms with E-state index in [4.69, 9.17) is 15.0 Å². The lowest BCUT2D eigenvalue weighted by atomic mass is 9.67. The first-order valence-electron chi connectivity index (χ1n) is 23.1. The molecule has 0 aliphatic heterocycles. The fourth-order valence-corrected chi connectivity index (χ4v) is 11.8. The first kappa shape index (κ1) is 39.8. The average Bonchev–Trinajstić information content (AvgIpc) is 3.95. The molecule has 0 bridgehead atoms. The van der Waals surface area contributed by atoms with Crippen molar-refractivity contribution in [3.8, 4) is 78.7 Å². The van der Waals surface area contributed by atoms with Crippen LogP contribution in [0.4, 0.5) is 0 Å². The number of benzene rings is 10. The molecule has 0 atom stereocenters. The van der Waals surface area contributed by atoms with E-state index in [0.29, 0.717) is 17.5 Å². The average molecular weight is 884 g/mol. The number of hydrogen-bond donors (Lipinski definition) is 0. The van der Waals surface area contributed by atoms with Crippen molar-refractivity contribution in [2.75, 3.05) is 0 Å². The molecule has 0 saturated carbocycles. The van der Waals surface area contributed by atoms with Crippen molar-refractivity contribution in [3.63, 3.8) is 0 Å². The van der Waals surface area contributed by atoms with Crippen molar-refractivity contribution < 1.29 is 0 Å². The van der Waals surface area contributed by atoms with Crippen molar-refractivity contribution in [1.82, 2.24) is 15.0 Å². The van der Waals surface area contributed by atoms with Crippen LogP contribution in [0.25, 0.3) is 98.8 Å². The van der Waals surface area contributed by atoms with Gasteiger partial charge in [-0.2, -0.15) is 0 Å². The fourth-order valence-electron chi connectivity index (χ4n) is 10.6. The summed E-state index contributed by atoms with van der Waals surface area (Å²) in [4.78, 5) is 16.2. The highest BCUT2D eigenvalue weighted by Crippen LogP contribution is 2.56. The number of hydrogen-bond acceptors (Lipinski definition) is 4. The summed E-state index contributed by atoms with van der Waals surface area (Å²) < 4.78 is 2.61. The van der Waals surface area contributed by atoms with Crippen molar-refractivity contribution in [3.05, 3.63) is 271 Å². The van der Waals surface area contributed by atoms with Gasteiger partial charge in [0.05, 0.1) is 5.41 Å². The maximum atomic E-state index is 5.40. The molecule has 0 fully saturated rings. The summed E-state index contributed by atoms with van der Waals surface area (Å²) in [7, 11) is 0. The minimum absolute atomic E-state index is 0.561. The van der Waals surface area contributed by atoms with Crippen molar-refractivity contribution >= 4 is 31.5 Å². The van der Waals surface area contributed by atoms with Crippen LogP contribution in [0, 0.1) is 0 Å². The van der Waals surface area contributed by atoms with Gasteiger partial charge in [0.15, 0.2) is 17.5 Å². The van der Waals surface area contributed by atoms with Crippen LogP contribution in [-0.2, 0) is 5.41 Å². The minimum atomic E-state index is -0.561. The third kappa shape index (κ3) is 6.52. The highest BCUT2D eigenvalue weighted by atomic mass is 32.1. The van der Waals surface area contributed by atoms with E-state index in [9.17, 15) is 0 Å². The van der Waals surface area contributed by atoms with E-state index in [1.165, 1.54) is 64.7 Å². The summed E-state index contributed by atoms with van der Waals surface area (Å²) in [6.07, 6.45) is 0. The van der Waals surface area contributed by atoms with Gasteiger partial charge in [0, 0.05) is 36.9 Å². The Kier molecular flexibility index (Phi) is 9.59. The van der Waals surface area contributed by atoms with Gasteiger partial charge in [-0.05, 0) is 91.0 Å². The standard InChI is InChI=1S/C64H41N3S/c1-4-19-42(20-5-1)50-29-10-11-32-56(50)63-66-61(46-24-17-22-44(40-46)43-21-16-23-45(39-43)51-33-18-34-55-54-31-13-15-36-59(54)68-60(51)55)65-62(67-63)47-37-38-53-52-30-12-14-35-57(52)64(58(53)41-47,48-25-6-2-7-26-48)49-27-8-3-9-28-49/h1-41H. The van der Waals surface area contributed by atoms with E-state index in [2.05, 4.69) is 249 Å². The Balaban J connectivity index is 0.988. The Morgan fingerprint density at radius 2 is 0.765 bits per heavy atom. The Morgan fingerprint density at radius 3 is 1.50 bits per heavy atom. The lowest BCUT2D eigenvalue weighted by molar-refractivity contribution is 0.768. The molecule has 0 unspecified atom stereocenters. The molecular formula is C64H41N3S. The largest absolute Gasteiger partial charge is 0.208 e. The van der Waals surface area contributed by atoms with Crippen molar-refractivity contribution in [2.24, 2.45) is 0 Å². The number of aromatic nitrogens is 3. The van der Waals surface area contributed by atoms with Crippen molar-refractivity contribution in [2.45, 2.75) is 5.41 Å². The van der Waals surface area contributed by atoms with E-state index >= 15 is 0 Å². The number of fused-ring (bicyclic) bond motifs is 6. The molecule has 10 aromatic carbocycles. The lowest BCUT2D eigenvalue weighted by Crippen LogP contribution is -2.28. The van der Waals surface area contributed by atoms with Crippen LogP contribution in [0.1, 0.15) is 22.3 Å². The first-order chi connectivity index (χ1) is 33.7. The summed E-state index contributed by atoms with van der Waals surface area (Å²) in [6.45, 7) is 0. The molecule has 1 aliphatic rings. The maximum Gasteiger partial charge on any atom is 0.164 e. The molecule has 0 saturated heterocycles. The minimum Gasteiger partial charge on any atom is -0.208 e. The summed E-state index contributed by atoms with van der Waals surface area (Å²) in [6, 6.07) is 89.3. The molecule has 0 amide bonds. The summed E-state index contributed by atoms with van der Waals surface area (Å²) in [5, 5.41) is 2.60. The van der Waals surface area contributed by atoms with E-state index in [-0.39, 0.29) is 0 Å². The molecule has 3 nitrogen and oxygen atoms in total. The second kappa shape index (κ2) is 16.4. The van der Waals surface area contributed by atoms with Gasteiger partial charge in [0.25, 0.3) is 0 Å². The van der Waals surface area contributed by atoms with Gasteiger partial charge in [-0.15, -0.1) is 11.3 Å². The highest BCUT2D eigenvalue weighted by Gasteiger charge is 2.46. The molecule has 4 heteroatoms. The zero-order chi connectivity index (χ0) is 45.0. The third-order valence-corrected chi connectivity index (χ3v) is 14.9. The van der Waals surface area contributed by atoms with Crippen LogP contribution in [0.5, 0.6) is 0 Å². The van der Waals surface area contributed by atoms with Crippen LogP contribution in [0.3, 0.4) is 0 Å². The Morgan fingerprint density at radius 1 is 0.279 bits per heavy atom. The second-order valence-corrected chi connectivity index (χ2v) is 18.5. The molecule has 0 N–H and O–H groups in total. The Hall–Kier alpha value is -8.57. The summed E-state index contributed by atoms with van der Waals surface area (Å²) in [5.74, 6) is 1.85. The normalized spacial score (nSPS) is 12.5. The molecule has 0 spiro atoms. The monoisotopic (exact) mass is 883 g/mol. The molecule has 318 valence electrons. The van der Waals surface area contributed by atoms with Gasteiger partial charge < -0.3 is 0 Å². The third-order valence-electron chi connectivity index (χ3n) is 13.6. The summed E-state index contributed by atoms with van der Waals surface area (Å²) >= 11 is 1.86. The molecule has 1 aliphatic carbocycles. The van der Waals surface area contributed by atoms with Gasteiger partial charge in [-0.3, -0.25) is 0 Å². The molecule has 2 heterocycles. The molecule has 68 heavy (non-hydrogen) atoms. The zero-order valence-corrected chi connectivity index (χ0v) is 37.7. The molecule has 13 rings (SSSR count). The quantitative estimate of drug-likeness (QED) is 0.153. The zero-order valence-electron chi connectivity index (χ0n) is 36.9. The molecule has 12 aromatic rings. The van der Waals surface area contributed by atoms with Gasteiger partial charge in [-0.25, -0.2) is 15.0 Å². The number of rotatable bonds is 8. The fraction of sp³-hybridized carbons (Fsp3) is 0.0156. The van der Waals surface area contributed by atoms with Gasteiger partial charge >= 0.3 is 0 Å². The predicted molar refractivity (Wildman–Crippen MR) is 283 cm³/mol. The van der Waals surface area contributed by atoms with Gasteiger partial charge in [0.1, 0.15) is 0 Å². The van der Waals surface area contributed by atoms with E-state index in [1.54, 1.807) is 0 Å². The molecular weight excluding hydrogens is 843 g/mol. The topological polar surface area (TPSA) is 38.7 Å². The first-order valence-corrected chi connectivity index (χ1v) is 23.9. The van der Waals surface area contributed by atoms with E-state index in [0.717, 1.165) is 38.9 Å². The van der Waals surface area contributed by atoms with Crippen LogP contribution < -0.4 is 0 Å². The second-order valence-electron chi connectivity index (χ2n) is 17.4. The van der Waals surface area contributed by atoms with Crippen LogP contribution in [-0.4, -0.2) is 15.0 Å². The van der Waals surface area contributed by atoms with Gasteiger partial charge in [0.2, 0.25) is 0 Å². The Labute approximate surface area is 399 Å². The SMILES string of the molecule is c1ccc(-c2ccccc2-c2nc(-c3cccc(-c4cccc(-c5cccc6c5sc5ccccc56)c4)c3)nc(-c3ccc4c(c3)C(c3ccccc3)(c3ccccc3)c3ccccc3-4)n2)cc1. The van der Waals surface area contributed by atoms with Crippen LogP contribution in [0.15, 0.2) is 249 Å². The van der Waals surface area contributed by atoms with E-state index < -0.39 is 5.41 Å². The molecule has 0 radical (unpaired) electrons. The van der Waals surface area contributed by atoms with Crippen LogP contribution in [0.2, 0.25) is 0 Å². The van der Waals surface area contributed by atoms with Crippen LogP contribution >= 0.6 is 11.3 Å². The predicted octanol–water partition coefficient (Wildman–Crippen LogP) is 16.6. The van der Waals surface area contributed by atoms with Crippen molar-refractivity contribution in [1.29, 1.82) is 0 Å². The number of thiophene rings is 1. The highest BCUT2D eigenvalue weighted by molar-refractivity contribution is 7.26. The van der Waals surface area contributed by atoms with E-state index in [1.807, 2.05) is 11.3 Å². The van der Waals surface area contributed by atoms with Gasteiger partial charge in [-0.1, -0.05) is 224 Å². The molecule has 2 aromatic heterocycles. The smallest absolute Gasteiger partial charge is 0.164 e. The Bertz CT molecular complexity index is 3820. The lowest BCUT2D eigenvalue weighted by Gasteiger charge is -2.34. The maximum absolute atomic E-state index is 5.40.